The monoisotopic (exact) mass is 187 g/mol. The van der Waals surface area contributed by atoms with Crippen LogP contribution in [-0.2, 0) is 0 Å². The fourth-order valence-electron chi connectivity index (χ4n) is 1.41. The molecule has 0 heterocycles. The first-order chi connectivity index (χ1) is 5.81. The van der Waals surface area contributed by atoms with Crippen LogP contribution in [0.4, 0.5) is 0 Å². The maximum Gasteiger partial charge on any atom is 0.0603 e. The summed E-state index contributed by atoms with van der Waals surface area (Å²) in [7, 11) is 0. The lowest BCUT2D eigenvalue weighted by Gasteiger charge is -2.20. The Morgan fingerprint density at radius 2 is 1.77 bits per heavy atom. The molecule has 0 fully saturated rings. The molecule has 1 atom stereocenters. The van der Waals surface area contributed by atoms with Crippen LogP contribution in [0.5, 0.6) is 0 Å². The minimum Gasteiger partial charge on any atom is -0.390 e. The zero-order valence-electron chi connectivity index (χ0n) is 9.72. The van der Waals surface area contributed by atoms with Gasteiger partial charge in [-0.3, -0.25) is 0 Å². The van der Waals surface area contributed by atoms with Crippen molar-refractivity contribution >= 4 is 0 Å². The van der Waals surface area contributed by atoms with Gasteiger partial charge in [-0.15, -0.1) is 0 Å². The number of rotatable bonds is 6. The molecule has 0 aliphatic carbocycles. The average molecular weight is 187 g/mol. The van der Waals surface area contributed by atoms with Crippen molar-refractivity contribution in [3.8, 4) is 0 Å². The highest BCUT2D eigenvalue weighted by Gasteiger charge is 2.12. The van der Waals surface area contributed by atoms with Crippen molar-refractivity contribution in [1.82, 2.24) is 5.32 Å². The molecule has 0 saturated carbocycles. The van der Waals surface area contributed by atoms with Crippen molar-refractivity contribution in [3.05, 3.63) is 0 Å². The van der Waals surface area contributed by atoms with Crippen molar-refractivity contribution in [2.75, 3.05) is 6.54 Å². The van der Waals surface area contributed by atoms with Gasteiger partial charge in [-0.1, -0.05) is 13.8 Å². The first-order valence-corrected chi connectivity index (χ1v) is 5.27. The number of hydrogen-bond donors (Lipinski definition) is 2. The van der Waals surface area contributed by atoms with E-state index in [2.05, 4.69) is 26.1 Å². The van der Waals surface area contributed by atoms with Crippen LogP contribution in [0.3, 0.4) is 0 Å². The fourth-order valence-corrected chi connectivity index (χ4v) is 1.41. The summed E-state index contributed by atoms with van der Waals surface area (Å²) in [5, 5.41) is 12.9. The lowest BCUT2D eigenvalue weighted by molar-refractivity contribution is 0.0703. The van der Waals surface area contributed by atoms with E-state index in [1.165, 1.54) is 6.42 Å². The third kappa shape index (κ3) is 9.84. The molecule has 0 aromatic rings. The van der Waals surface area contributed by atoms with Gasteiger partial charge < -0.3 is 10.4 Å². The van der Waals surface area contributed by atoms with Crippen LogP contribution in [-0.4, -0.2) is 23.3 Å². The standard InChI is InChI=1S/C11H25NO/c1-9(2)8-10(3)12-7-6-11(4,5)13/h9-10,12-13H,6-8H2,1-5H3. The Morgan fingerprint density at radius 3 is 2.15 bits per heavy atom. The van der Waals surface area contributed by atoms with Crippen LogP contribution in [0.15, 0.2) is 0 Å². The highest BCUT2D eigenvalue weighted by atomic mass is 16.3. The van der Waals surface area contributed by atoms with Gasteiger partial charge in [0.15, 0.2) is 0 Å². The summed E-state index contributed by atoms with van der Waals surface area (Å²) in [5.74, 6) is 0.740. The summed E-state index contributed by atoms with van der Waals surface area (Å²) in [6.07, 6.45) is 2.02. The van der Waals surface area contributed by atoms with E-state index >= 15 is 0 Å². The Kier molecular flexibility index (Phi) is 5.57. The van der Waals surface area contributed by atoms with E-state index in [0.717, 1.165) is 18.9 Å². The zero-order chi connectivity index (χ0) is 10.5. The van der Waals surface area contributed by atoms with Gasteiger partial charge in [0.1, 0.15) is 0 Å². The normalized spacial score (nSPS) is 15.0. The average Bonchev–Trinajstić information content (AvgIpc) is 1.81. The molecule has 0 aromatic carbocycles. The Labute approximate surface area is 82.7 Å². The summed E-state index contributed by atoms with van der Waals surface area (Å²) in [6, 6.07) is 0.558. The van der Waals surface area contributed by atoms with Gasteiger partial charge in [0.05, 0.1) is 5.60 Å². The minimum atomic E-state index is -0.537. The molecule has 2 nitrogen and oxygen atoms in total. The first-order valence-electron chi connectivity index (χ1n) is 5.27. The quantitative estimate of drug-likeness (QED) is 0.668. The maximum absolute atomic E-state index is 9.47. The highest BCUT2D eigenvalue weighted by Crippen LogP contribution is 2.07. The van der Waals surface area contributed by atoms with Gasteiger partial charge in [-0.05, 0) is 46.1 Å². The predicted molar refractivity (Wildman–Crippen MR) is 57.8 cm³/mol. The molecule has 80 valence electrons. The molecule has 0 spiro atoms. The maximum atomic E-state index is 9.47. The fraction of sp³-hybridized carbons (Fsp3) is 1.00. The second-order valence-corrected chi connectivity index (χ2v) is 5.05. The number of hydrogen-bond acceptors (Lipinski definition) is 2. The van der Waals surface area contributed by atoms with Gasteiger partial charge in [-0.2, -0.15) is 0 Å². The van der Waals surface area contributed by atoms with Crippen LogP contribution in [0.25, 0.3) is 0 Å². The number of aliphatic hydroxyl groups is 1. The summed E-state index contributed by atoms with van der Waals surface area (Å²) < 4.78 is 0. The van der Waals surface area contributed by atoms with Gasteiger partial charge in [-0.25, -0.2) is 0 Å². The summed E-state index contributed by atoms with van der Waals surface area (Å²) in [5.41, 5.74) is -0.537. The minimum absolute atomic E-state index is 0.537. The molecular weight excluding hydrogens is 162 g/mol. The van der Waals surface area contributed by atoms with Crippen LogP contribution < -0.4 is 5.32 Å². The second kappa shape index (κ2) is 5.61. The Bertz CT molecular complexity index is 127. The van der Waals surface area contributed by atoms with Crippen molar-refractivity contribution in [2.24, 2.45) is 5.92 Å². The third-order valence-corrected chi connectivity index (χ3v) is 2.05. The van der Waals surface area contributed by atoms with Crippen LogP contribution in [0.1, 0.15) is 47.5 Å². The molecule has 0 saturated heterocycles. The Morgan fingerprint density at radius 1 is 1.23 bits per heavy atom. The first kappa shape index (κ1) is 12.9. The topological polar surface area (TPSA) is 32.3 Å². The van der Waals surface area contributed by atoms with E-state index < -0.39 is 5.60 Å². The van der Waals surface area contributed by atoms with Gasteiger partial charge >= 0.3 is 0 Å². The van der Waals surface area contributed by atoms with Crippen LogP contribution in [0.2, 0.25) is 0 Å². The van der Waals surface area contributed by atoms with Gasteiger partial charge in [0.25, 0.3) is 0 Å². The van der Waals surface area contributed by atoms with Crippen LogP contribution >= 0.6 is 0 Å². The molecule has 2 N–H and O–H groups in total. The highest BCUT2D eigenvalue weighted by molar-refractivity contribution is 4.69. The molecule has 0 amide bonds. The largest absolute Gasteiger partial charge is 0.390 e. The Hall–Kier alpha value is -0.0800. The van der Waals surface area contributed by atoms with Gasteiger partial charge in [0, 0.05) is 6.04 Å². The molecule has 0 bridgehead atoms. The van der Waals surface area contributed by atoms with Crippen molar-refractivity contribution in [2.45, 2.75) is 59.1 Å². The smallest absolute Gasteiger partial charge is 0.0603 e. The Balaban J connectivity index is 3.42. The molecule has 13 heavy (non-hydrogen) atoms. The van der Waals surface area contributed by atoms with Gasteiger partial charge in [0.2, 0.25) is 0 Å². The molecule has 2 heteroatoms. The summed E-state index contributed by atoms with van der Waals surface area (Å²) in [4.78, 5) is 0. The molecule has 1 unspecified atom stereocenters. The zero-order valence-corrected chi connectivity index (χ0v) is 9.72. The van der Waals surface area contributed by atoms with E-state index in [0.29, 0.717) is 6.04 Å². The van der Waals surface area contributed by atoms with Crippen molar-refractivity contribution in [1.29, 1.82) is 0 Å². The van der Waals surface area contributed by atoms with E-state index in [1.54, 1.807) is 0 Å². The van der Waals surface area contributed by atoms with E-state index in [-0.39, 0.29) is 0 Å². The SMILES string of the molecule is CC(C)CC(C)NCCC(C)(C)O. The third-order valence-electron chi connectivity index (χ3n) is 2.05. The van der Waals surface area contributed by atoms with Crippen LogP contribution in [0, 0.1) is 5.92 Å². The molecule has 0 radical (unpaired) electrons. The second-order valence-electron chi connectivity index (χ2n) is 5.05. The summed E-state index contributed by atoms with van der Waals surface area (Å²) in [6.45, 7) is 11.3. The van der Waals surface area contributed by atoms with E-state index in [1.807, 2.05) is 13.8 Å². The molecule has 0 aliphatic rings. The van der Waals surface area contributed by atoms with Crippen molar-refractivity contribution < 1.29 is 5.11 Å². The predicted octanol–water partition coefficient (Wildman–Crippen LogP) is 2.17. The lowest BCUT2D eigenvalue weighted by atomic mass is 10.0. The molecule has 0 rings (SSSR count). The molecular formula is C11H25NO. The van der Waals surface area contributed by atoms with E-state index in [4.69, 9.17) is 0 Å². The number of nitrogens with one attached hydrogen (secondary N) is 1. The summed E-state index contributed by atoms with van der Waals surface area (Å²) >= 11 is 0. The lowest BCUT2D eigenvalue weighted by Crippen LogP contribution is -2.32. The van der Waals surface area contributed by atoms with E-state index in [9.17, 15) is 5.11 Å². The van der Waals surface area contributed by atoms with Crippen molar-refractivity contribution in [3.63, 3.8) is 0 Å². The molecule has 0 aromatic heterocycles. The molecule has 0 aliphatic heterocycles.